The molecule has 0 heterocycles. The molecule has 0 bridgehead atoms. The Morgan fingerprint density at radius 2 is 2.05 bits per heavy atom. The van der Waals surface area contributed by atoms with Crippen molar-refractivity contribution in [1.82, 2.24) is 5.32 Å². The third-order valence-electron chi connectivity index (χ3n) is 2.86. The smallest absolute Gasteiger partial charge is 0.247 e. The first-order chi connectivity index (χ1) is 8.99. The number of hydrogen-bond acceptors (Lipinski definition) is 3. The highest BCUT2D eigenvalue weighted by Gasteiger charge is 2.19. The Morgan fingerprint density at radius 1 is 1.37 bits per heavy atom. The lowest BCUT2D eigenvalue weighted by molar-refractivity contribution is -0.124. The molecule has 0 aliphatic heterocycles. The topological polar surface area (TPSA) is 58.2 Å². The van der Waals surface area contributed by atoms with Gasteiger partial charge >= 0.3 is 0 Å². The summed E-state index contributed by atoms with van der Waals surface area (Å²) in [5, 5.41) is 5.46. The molecule has 5 heteroatoms. The maximum absolute atomic E-state index is 12.1. The number of carbonyl (C=O) groups excluding carboxylic acids is 2. The number of carbonyl (C=O) groups is 2. The zero-order valence-corrected chi connectivity index (χ0v) is 12.4. The predicted molar refractivity (Wildman–Crippen MR) is 80.6 cm³/mol. The van der Waals surface area contributed by atoms with Crippen LogP contribution in [-0.2, 0) is 16.0 Å². The highest BCUT2D eigenvalue weighted by atomic mass is 32.1. The summed E-state index contributed by atoms with van der Waals surface area (Å²) in [4.78, 5) is 23.2. The predicted octanol–water partition coefficient (Wildman–Crippen LogP) is 1.93. The molecule has 19 heavy (non-hydrogen) atoms. The Morgan fingerprint density at radius 3 is 2.58 bits per heavy atom. The molecule has 4 nitrogen and oxygen atoms in total. The number of amides is 2. The summed E-state index contributed by atoms with van der Waals surface area (Å²) in [7, 11) is 0. The van der Waals surface area contributed by atoms with Gasteiger partial charge in [0, 0.05) is 18.4 Å². The molecule has 2 amide bonds. The lowest BCUT2D eigenvalue weighted by Gasteiger charge is -2.18. The maximum Gasteiger partial charge on any atom is 0.247 e. The molecule has 1 atom stereocenters. The molecule has 1 aromatic carbocycles. The van der Waals surface area contributed by atoms with Crippen LogP contribution in [-0.4, -0.2) is 23.6 Å². The van der Waals surface area contributed by atoms with Gasteiger partial charge in [-0.3, -0.25) is 9.59 Å². The lowest BCUT2D eigenvalue weighted by Crippen LogP contribution is -2.44. The normalized spacial score (nSPS) is 11.8. The SMILES string of the molecule is CCc1cccc(C)c1NC(=O)C(CS)NC(C)=O. The molecule has 0 spiro atoms. The van der Waals surface area contributed by atoms with Crippen LogP contribution in [0.1, 0.15) is 25.0 Å². The highest BCUT2D eigenvalue weighted by molar-refractivity contribution is 7.80. The molecule has 0 radical (unpaired) electrons. The van der Waals surface area contributed by atoms with Crippen LogP contribution in [0.3, 0.4) is 0 Å². The number of nitrogens with one attached hydrogen (secondary N) is 2. The van der Waals surface area contributed by atoms with Crippen LogP contribution in [0.2, 0.25) is 0 Å². The fourth-order valence-corrected chi connectivity index (χ4v) is 2.11. The molecule has 1 unspecified atom stereocenters. The number of hydrogen-bond donors (Lipinski definition) is 3. The Kier molecular flexibility index (Phi) is 5.89. The molecule has 104 valence electrons. The fourth-order valence-electron chi connectivity index (χ4n) is 1.85. The van der Waals surface area contributed by atoms with E-state index in [9.17, 15) is 9.59 Å². The van der Waals surface area contributed by atoms with Gasteiger partial charge in [0.15, 0.2) is 0 Å². The molecule has 0 saturated carbocycles. The molecule has 2 N–H and O–H groups in total. The second-order valence-electron chi connectivity index (χ2n) is 4.39. The average molecular weight is 280 g/mol. The quantitative estimate of drug-likeness (QED) is 0.722. The fraction of sp³-hybridized carbons (Fsp3) is 0.429. The number of anilines is 1. The first-order valence-electron chi connectivity index (χ1n) is 6.26. The molecule has 0 aliphatic rings. The van der Waals surface area contributed by atoms with Crippen molar-refractivity contribution in [3.8, 4) is 0 Å². The Balaban J connectivity index is 2.89. The van der Waals surface area contributed by atoms with E-state index >= 15 is 0 Å². The van der Waals surface area contributed by atoms with Crippen molar-refractivity contribution >= 4 is 30.1 Å². The maximum atomic E-state index is 12.1. The van der Waals surface area contributed by atoms with E-state index in [0.29, 0.717) is 0 Å². The zero-order valence-electron chi connectivity index (χ0n) is 11.5. The van der Waals surface area contributed by atoms with Crippen molar-refractivity contribution in [2.45, 2.75) is 33.2 Å². The van der Waals surface area contributed by atoms with Gasteiger partial charge in [0.2, 0.25) is 11.8 Å². The van der Waals surface area contributed by atoms with Gasteiger partial charge in [-0.2, -0.15) is 12.6 Å². The number of benzene rings is 1. The van der Waals surface area contributed by atoms with E-state index in [0.717, 1.165) is 23.2 Å². The van der Waals surface area contributed by atoms with Crippen molar-refractivity contribution in [1.29, 1.82) is 0 Å². The van der Waals surface area contributed by atoms with Gasteiger partial charge in [0.25, 0.3) is 0 Å². The van der Waals surface area contributed by atoms with Crippen molar-refractivity contribution in [2.75, 3.05) is 11.1 Å². The van der Waals surface area contributed by atoms with Crippen LogP contribution in [0.5, 0.6) is 0 Å². The molecular formula is C14H20N2O2S. The summed E-state index contributed by atoms with van der Waals surface area (Å²) in [5.41, 5.74) is 2.91. The Hall–Kier alpha value is -1.49. The molecule has 0 saturated heterocycles. The van der Waals surface area contributed by atoms with E-state index in [2.05, 4.69) is 23.3 Å². The van der Waals surface area contributed by atoms with Crippen LogP contribution in [0.15, 0.2) is 18.2 Å². The number of aryl methyl sites for hydroxylation is 2. The molecule has 0 aromatic heterocycles. The van der Waals surface area contributed by atoms with Gasteiger partial charge in [-0.1, -0.05) is 25.1 Å². The van der Waals surface area contributed by atoms with E-state index in [1.54, 1.807) is 0 Å². The molecular weight excluding hydrogens is 260 g/mol. The van der Waals surface area contributed by atoms with Crippen molar-refractivity contribution in [3.63, 3.8) is 0 Å². The summed E-state index contributed by atoms with van der Waals surface area (Å²) in [6, 6.07) is 5.28. The van der Waals surface area contributed by atoms with Gasteiger partial charge < -0.3 is 10.6 Å². The number of rotatable bonds is 5. The van der Waals surface area contributed by atoms with Gasteiger partial charge in [0.1, 0.15) is 6.04 Å². The lowest BCUT2D eigenvalue weighted by atomic mass is 10.1. The monoisotopic (exact) mass is 280 g/mol. The summed E-state index contributed by atoms with van der Waals surface area (Å²) in [6.45, 7) is 5.37. The standard InChI is InChI=1S/C14H20N2O2S/c1-4-11-7-5-6-9(2)13(11)16-14(18)12(8-19)15-10(3)17/h5-7,12,19H,4,8H2,1-3H3,(H,15,17)(H,16,18). The largest absolute Gasteiger partial charge is 0.344 e. The van der Waals surface area contributed by atoms with E-state index in [1.807, 2.05) is 32.0 Å². The summed E-state index contributed by atoms with van der Waals surface area (Å²) < 4.78 is 0. The van der Waals surface area contributed by atoms with Crippen molar-refractivity contribution < 1.29 is 9.59 Å². The molecule has 1 rings (SSSR count). The van der Waals surface area contributed by atoms with Gasteiger partial charge in [-0.15, -0.1) is 0 Å². The van der Waals surface area contributed by atoms with Crippen LogP contribution >= 0.6 is 12.6 Å². The first-order valence-corrected chi connectivity index (χ1v) is 6.90. The third kappa shape index (κ3) is 4.28. The molecule has 0 fully saturated rings. The minimum absolute atomic E-state index is 0.241. The van der Waals surface area contributed by atoms with Crippen LogP contribution in [0.4, 0.5) is 5.69 Å². The first kappa shape index (κ1) is 15.6. The van der Waals surface area contributed by atoms with Crippen molar-refractivity contribution in [2.24, 2.45) is 0 Å². The third-order valence-corrected chi connectivity index (χ3v) is 3.23. The van der Waals surface area contributed by atoms with Crippen LogP contribution in [0.25, 0.3) is 0 Å². The van der Waals surface area contributed by atoms with Gasteiger partial charge in [-0.25, -0.2) is 0 Å². The molecule has 1 aromatic rings. The summed E-state index contributed by atoms with van der Waals surface area (Å²) >= 11 is 4.10. The van der Waals surface area contributed by atoms with E-state index in [-0.39, 0.29) is 17.6 Å². The van der Waals surface area contributed by atoms with Gasteiger partial charge in [0.05, 0.1) is 0 Å². The Labute approximate surface area is 119 Å². The second-order valence-corrected chi connectivity index (χ2v) is 4.75. The van der Waals surface area contributed by atoms with Crippen LogP contribution in [0, 0.1) is 6.92 Å². The van der Waals surface area contributed by atoms with Crippen LogP contribution < -0.4 is 10.6 Å². The highest BCUT2D eigenvalue weighted by Crippen LogP contribution is 2.21. The molecule has 0 aliphatic carbocycles. The Bertz CT molecular complexity index is 475. The second kappa shape index (κ2) is 7.19. The van der Waals surface area contributed by atoms with Gasteiger partial charge in [-0.05, 0) is 24.5 Å². The zero-order chi connectivity index (χ0) is 14.4. The van der Waals surface area contributed by atoms with E-state index < -0.39 is 6.04 Å². The summed E-state index contributed by atoms with van der Waals surface area (Å²) in [6.07, 6.45) is 0.836. The number of para-hydroxylation sites is 1. The van der Waals surface area contributed by atoms with Crippen molar-refractivity contribution in [3.05, 3.63) is 29.3 Å². The summed E-state index contributed by atoms with van der Waals surface area (Å²) in [5.74, 6) is -0.220. The average Bonchev–Trinajstić information content (AvgIpc) is 2.37. The van der Waals surface area contributed by atoms with E-state index in [4.69, 9.17) is 0 Å². The van der Waals surface area contributed by atoms with E-state index in [1.165, 1.54) is 6.92 Å². The number of thiol groups is 1. The minimum Gasteiger partial charge on any atom is -0.344 e. The minimum atomic E-state index is -0.620.